The molecule has 0 aliphatic heterocycles. The molecule has 1 aliphatic carbocycles. The van der Waals surface area contributed by atoms with Gasteiger partial charge in [0.1, 0.15) is 0 Å². The molecule has 3 nitrogen and oxygen atoms in total. The van der Waals surface area contributed by atoms with Crippen LogP contribution in [0.15, 0.2) is 24.3 Å². The van der Waals surface area contributed by atoms with Crippen LogP contribution in [0.3, 0.4) is 0 Å². The molecule has 0 spiro atoms. The van der Waals surface area contributed by atoms with Gasteiger partial charge in [0.15, 0.2) is 0 Å². The zero-order valence-corrected chi connectivity index (χ0v) is 13.2. The van der Waals surface area contributed by atoms with Crippen LogP contribution in [0, 0.1) is 5.41 Å². The fraction of sp³-hybridized carbons (Fsp3) is 0.611. The molecule has 1 fully saturated rings. The van der Waals surface area contributed by atoms with Crippen LogP contribution < -0.4 is 5.32 Å². The number of aliphatic hydroxyl groups is 1. The van der Waals surface area contributed by atoms with Crippen molar-refractivity contribution < 1.29 is 9.90 Å². The second-order valence-corrected chi connectivity index (χ2v) is 6.49. The highest BCUT2D eigenvalue weighted by molar-refractivity contribution is 5.76. The van der Waals surface area contributed by atoms with Gasteiger partial charge in [0, 0.05) is 17.9 Å². The van der Waals surface area contributed by atoms with E-state index in [1.165, 1.54) is 11.1 Å². The lowest BCUT2D eigenvalue weighted by Crippen LogP contribution is -2.44. The molecule has 0 radical (unpaired) electrons. The van der Waals surface area contributed by atoms with Crippen molar-refractivity contribution in [2.45, 2.75) is 58.4 Å². The van der Waals surface area contributed by atoms with Gasteiger partial charge in [-0.15, -0.1) is 0 Å². The standard InChI is InChI=1S/C18H27NO2/c1-3-14-6-8-15(9-7-14)10-11-17(21)19-16-5-4-12-18(16,2)13-20/h6-9,16,20H,3-5,10-13H2,1-2H3,(H,19,21). The van der Waals surface area contributed by atoms with Crippen molar-refractivity contribution in [3.05, 3.63) is 35.4 Å². The molecule has 2 N–H and O–H groups in total. The highest BCUT2D eigenvalue weighted by Crippen LogP contribution is 2.37. The molecular formula is C18H27NO2. The number of hydrogen-bond acceptors (Lipinski definition) is 2. The van der Waals surface area contributed by atoms with Crippen molar-refractivity contribution >= 4 is 5.91 Å². The van der Waals surface area contributed by atoms with E-state index in [1.807, 2.05) is 0 Å². The summed E-state index contributed by atoms with van der Waals surface area (Å²) in [4.78, 5) is 12.1. The maximum atomic E-state index is 12.1. The summed E-state index contributed by atoms with van der Waals surface area (Å²) >= 11 is 0. The van der Waals surface area contributed by atoms with E-state index in [2.05, 4.69) is 43.4 Å². The third kappa shape index (κ3) is 4.07. The van der Waals surface area contributed by atoms with E-state index in [1.54, 1.807) is 0 Å². The fourth-order valence-corrected chi connectivity index (χ4v) is 3.13. The Morgan fingerprint density at radius 3 is 2.62 bits per heavy atom. The molecule has 1 amide bonds. The second-order valence-electron chi connectivity index (χ2n) is 6.49. The minimum atomic E-state index is -0.140. The first kappa shape index (κ1) is 16.0. The molecule has 1 aromatic rings. The van der Waals surface area contributed by atoms with E-state index in [9.17, 15) is 9.90 Å². The van der Waals surface area contributed by atoms with Crippen LogP contribution in [0.5, 0.6) is 0 Å². The van der Waals surface area contributed by atoms with E-state index in [-0.39, 0.29) is 24.0 Å². The van der Waals surface area contributed by atoms with Gasteiger partial charge >= 0.3 is 0 Å². The van der Waals surface area contributed by atoms with Gasteiger partial charge in [0.2, 0.25) is 5.91 Å². The molecule has 21 heavy (non-hydrogen) atoms. The molecule has 1 aromatic carbocycles. The number of carbonyl (C=O) groups excluding carboxylic acids is 1. The van der Waals surface area contributed by atoms with Gasteiger partial charge in [-0.1, -0.05) is 44.5 Å². The first-order valence-corrected chi connectivity index (χ1v) is 8.05. The smallest absolute Gasteiger partial charge is 0.220 e. The molecule has 0 bridgehead atoms. The summed E-state index contributed by atoms with van der Waals surface area (Å²) < 4.78 is 0. The molecule has 3 heteroatoms. The van der Waals surface area contributed by atoms with Crippen LogP contribution in [0.4, 0.5) is 0 Å². The number of rotatable bonds is 6. The highest BCUT2D eigenvalue weighted by atomic mass is 16.3. The molecule has 2 rings (SSSR count). The molecule has 1 saturated carbocycles. The van der Waals surface area contributed by atoms with Gasteiger partial charge in [-0.2, -0.15) is 0 Å². The number of aryl methyl sites for hydroxylation is 2. The third-order valence-corrected chi connectivity index (χ3v) is 4.85. The lowest BCUT2D eigenvalue weighted by molar-refractivity contribution is -0.122. The molecule has 1 aliphatic rings. The first-order valence-electron chi connectivity index (χ1n) is 8.05. The molecule has 0 heterocycles. The van der Waals surface area contributed by atoms with E-state index in [0.717, 1.165) is 32.1 Å². The molecule has 2 atom stereocenters. The summed E-state index contributed by atoms with van der Waals surface area (Å²) in [5.74, 6) is 0.0983. The minimum absolute atomic E-state index is 0.0983. The number of nitrogens with one attached hydrogen (secondary N) is 1. The van der Waals surface area contributed by atoms with Gasteiger partial charge in [0.25, 0.3) is 0 Å². The second kappa shape index (κ2) is 7.08. The average Bonchev–Trinajstić information content (AvgIpc) is 2.87. The van der Waals surface area contributed by atoms with Crippen LogP contribution in [0.1, 0.15) is 50.7 Å². The topological polar surface area (TPSA) is 49.3 Å². The van der Waals surface area contributed by atoms with Crippen LogP contribution in [-0.2, 0) is 17.6 Å². The summed E-state index contributed by atoms with van der Waals surface area (Å²) in [6.07, 6.45) is 5.39. The van der Waals surface area contributed by atoms with Gasteiger partial charge in [-0.25, -0.2) is 0 Å². The van der Waals surface area contributed by atoms with E-state index in [0.29, 0.717) is 6.42 Å². The lowest BCUT2D eigenvalue weighted by Gasteiger charge is -2.30. The number of benzene rings is 1. The quantitative estimate of drug-likeness (QED) is 0.846. The zero-order valence-electron chi connectivity index (χ0n) is 13.2. The summed E-state index contributed by atoms with van der Waals surface area (Å²) in [6.45, 7) is 4.35. The summed E-state index contributed by atoms with van der Waals surface area (Å²) in [5.41, 5.74) is 2.39. The van der Waals surface area contributed by atoms with Gasteiger partial charge in [-0.3, -0.25) is 4.79 Å². The number of aliphatic hydroxyl groups excluding tert-OH is 1. The molecule has 116 valence electrons. The Balaban J connectivity index is 1.81. The monoisotopic (exact) mass is 289 g/mol. The Morgan fingerprint density at radius 2 is 2.00 bits per heavy atom. The lowest BCUT2D eigenvalue weighted by atomic mass is 9.85. The Bertz CT molecular complexity index is 469. The van der Waals surface area contributed by atoms with Crippen molar-refractivity contribution in [1.82, 2.24) is 5.32 Å². The van der Waals surface area contributed by atoms with Crippen molar-refractivity contribution in [1.29, 1.82) is 0 Å². The Hall–Kier alpha value is -1.35. The Kier molecular flexibility index (Phi) is 5.40. The van der Waals surface area contributed by atoms with Crippen molar-refractivity contribution in [2.24, 2.45) is 5.41 Å². The molecule has 0 aromatic heterocycles. The maximum Gasteiger partial charge on any atom is 0.220 e. The van der Waals surface area contributed by atoms with Gasteiger partial charge in [-0.05, 0) is 36.8 Å². The minimum Gasteiger partial charge on any atom is -0.396 e. The van der Waals surface area contributed by atoms with Crippen molar-refractivity contribution in [3.8, 4) is 0 Å². The highest BCUT2D eigenvalue weighted by Gasteiger charge is 2.38. The molecule has 0 saturated heterocycles. The SMILES string of the molecule is CCc1ccc(CCC(=O)NC2CCCC2(C)CO)cc1. The van der Waals surface area contributed by atoms with Crippen LogP contribution in [0.2, 0.25) is 0 Å². The van der Waals surface area contributed by atoms with E-state index < -0.39 is 0 Å². The fourth-order valence-electron chi connectivity index (χ4n) is 3.13. The predicted octanol–water partition coefficient (Wildman–Crippen LogP) is 2.85. The summed E-state index contributed by atoms with van der Waals surface area (Å²) in [7, 11) is 0. The van der Waals surface area contributed by atoms with Crippen molar-refractivity contribution in [2.75, 3.05) is 6.61 Å². The van der Waals surface area contributed by atoms with Crippen LogP contribution in [-0.4, -0.2) is 23.7 Å². The van der Waals surface area contributed by atoms with Gasteiger partial charge < -0.3 is 10.4 Å². The van der Waals surface area contributed by atoms with Crippen LogP contribution >= 0.6 is 0 Å². The molecular weight excluding hydrogens is 262 g/mol. The Morgan fingerprint density at radius 1 is 1.33 bits per heavy atom. The number of amides is 1. The number of hydrogen-bond donors (Lipinski definition) is 2. The average molecular weight is 289 g/mol. The maximum absolute atomic E-state index is 12.1. The summed E-state index contributed by atoms with van der Waals surface area (Å²) in [5, 5.41) is 12.6. The Labute approximate surface area is 127 Å². The first-order chi connectivity index (χ1) is 10.1. The largest absolute Gasteiger partial charge is 0.396 e. The predicted molar refractivity (Wildman–Crippen MR) is 85.1 cm³/mol. The summed E-state index contributed by atoms with van der Waals surface area (Å²) in [6, 6.07) is 8.61. The third-order valence-electron chi connectivity index (χ3n) is 4.85. The zero-order chi connectivity index (χ0) is 15.3. The van der Waals surface area contributed by atoms with Gasteiger partial charge in [0.05, 0.1) is 6.61 Å². The molecule has 2 unspecified atom stereocenters. The number of carbonyl (C=O) groups is 1. The van der Waals surface area contributed by atoms with E-state index in [4.69, 9.17) is 0 Å². The normalized spacial score (nSPS) is 25.0. The van der Waals surface area contributed by atoms with Crippen molar-refractivity contribution in [3.63, 3.8) is 0 Å². The van der Waals surface area contributed by atoms with Crippen LogP contribution in [0.25, 0.3) is 0 Å². The van der Waals surface area contributed by atoms with E-state index >= 15 is 0 Å².